The minimum Gasteiger partial charge on any atom is -0.399 e. The highest BCUT2D eigenvalue weighted by Gasteiger charge is 2.39. The molecule has 0 heterocycles. The second-order valence-corrected chi connectivity index (χ2v) is 10.00. The van der Waals surface area contributed by atoms with Gasteiger partial charge in [0.1, 0.15) is 4.90 Å². The summed E-state index contributed by atoms with van der Waals surface area (Å²) in [6.07, 6.45) is 0. The van der Waals surface area contributed by atoms with Gasteiger partial charge in [0.05, 0.1) is 21.8 Å². The Hall–Kier alpha value is -3.78. The second-order valence-electron chi connectivity index (χ2n) is 7.22. The third-order valence-electron chi connectivity index (χ3n) is 5.22. The molecule has 0 fully saturated rings. The van der Waals surface area contributed by atoms with Crippen LogP contribution in [0.2, 0.25) is 0 Å². The summed E-state index contributed by atoms with van der Waals surface area (Å²) in [4.78, 5) is 25.1. The Kier molecular flexibility index (Phi) is 4.83. The van der Waals surface area contributed by atoms with Gasteiger partial charge in [-0.25, -0.2) is 0 Å². The van der Waals surface area contributed by atoms with Gasteiger partial charge >= 0.3 is 0 Å². The molecule has 0 saturated carbocycles. The molecule has 0 bridgehead atoms. The Balaban J connectivity index is 2.17. The topological polar surface area (TPSA) is 221 Å². The minimum atomic E-state index is -5.06. The van der Waals surface area contributed by atoms with Crippen LogP contribution in [0.4, 0.5) is 17.1 Å². The van der Waals surface area contributed by atoms with E-state index >= 15 is 0 Å². The van der Waals surface area contributed by atoms with E-state index in [-0.39, 0.29) is 22.3 Å². The zero-order valence-electron chi connectivity index (χ0n) is 16.4. The van der Waals surface area contributed by atoms with E-state index in [0.717, 1.165) is 18.2 Å². The number of hydrogen-bond donors (Lipinski definition) is 5. The van der Waals surface area contributed by atoms with Crippen LogP contribution < -0.4 is 17.2 Å². The number of carbonyl (C=O) groups excluding carboxylic acids is 2. The van der Waals surface area contributed by atoms with E-state index in [1.54, 1.807) is 0 Å². The van der Waals surface area contributed by atoms with Gasteiger partial charge in [-0.2, -0.15) is 16.8 Å². The molecule has 13 heteroatoms. The Labute approximate surface area is 187 Å². The number of nitrogen functional groups attached to an aromatic ring is 3. The lowest BCUT2D eigenvalue weighted by molar-refractivity contribution is 0.0979. The molecule has 170 valence electrons. The van der Waals surface area contributed by atoms with Crippen molar-refractivity contribution in [2.45, 2.75) is 9.79 Å². The standard InChI is InChI=1S/C20H15N3O8S2/c21-9-3-1-8(2-4-9)13-14-15(17(23)20(16(13)22)33(29,30)31)19(25)12-7-10(32(26,27)28)5-6-11(12)18(14)24/h1-7H,21-23H2,(H,26,27,28)(H,29,30,31). The summed E-state index contributed by atoms with van der Waals surface area (Å²) >= 11 is 0. The minimum absolute atomic E-state index is 0.172. The molecule has 3 aromatic rings. The van der Waals surface area contributed by atoms with Crippen molar-refractivity contribution < 1.29 is 35.5 Å². The van der Waals surface area contributed by atoms with E-state index < -0.39 is 64.1 Å². The molecule has 0 saturated heterocycles. The molecule has 11 nitrogen and oxygen atoms in total. The van der Waals surface area contributed by atoms with Gasteiger partial charge in [0.2, 0.25) is 0 Å². The van der Waals surface area contributed by atoms with Gasteiger partial charge in [-0.05, 0) is 35.9 Å². The SMILES string of the molecule is Nc1ccc(-c2c(N)c(S(=O)(=O)O)c(N)c3c2C(=O)c2ccc(S(=O)(=O)O)cc2C3=O)cc1. The van der Waals surface area contributed by atoms with Crippen LogP contribution in [0.25, 0.3) is 11.1 Å². The third kappa shape index (κ3) is 3.43. The van der Waals surface area contributed by atoms with E-state index in [1.807, 2.05) is 0 Å². The second kappa shape index (κ2) is 7.11. The average molecular weight is 489 g/mol. The van der Waals surface area contributed by atoms with Crippen molar-refractivity contribution in [3.8, 4) is 11.1 Å². The lowest BCUT2D eigenvalue weighted by Gasteiger charge is -2.25. The van der Waals surface area contributed by atoms with Crippen LogP contribution in [-0.4, -0.2) is 37.5 Å². The van der Waals surface area contributed by atoms with Crippen LogP contribution in [0.1, 0.15) is 31.8 Å². The largest absolute Gasteiger partial charge is 0.399 e. The Morgan fingerprint density at radius 1 is 0.636 bits per heavy atom. The predicted octanol–water partition coefficient (Wildman–Crippen LogP) is 1.37. The lowest BCUT2D eigenvalue weighted by atomic mass is 9.79. The van der Waals surface area contributed by atoms with Gasteiger partial charge in [0.15, 0.2) is 11.6 Å². The highest BCUT2D eigenvalue weighted by atomic mass is 32.2. The first-order valence-corrected chi connectivity index (χ1v) is 11.9. The summed E-state index contributed by atoms with van der Waals surface area (Å²) in [5.74, 6) is -1.79. The van der Waals surface area contributed by atoms with Crippen LogP contribution in [0.5, 0.6) is 0 Å². The Morgan fingerprint density at radius 3 is 1.73 bits per heavy atom. The van der Waals surface area contributed by atoms with Crippen molar-refractivity contribution in [3.05, 3.63) is 64.7 Å². The third-order valence-corrected chi connectivity index (χ3v) is 7.02. The quantitative estimate of drug-likeness (QED) is 0.204. The maximum atomic E-state index is 13.4. The van der Waals surface area contributed by atoms with Crippen LogP contribution in [-0.2, 0) is 20.2 Å². The number of ketones is 2. The number of rotatable bonds is 3. The van der Waals surface area contributed by atoms with E-state index in [0.29, 0.717) is 5.69 Å². The van der Waals surface area contributed by atoms with Crippen molar-refractivity contribution in [2.24, 2.45) is 0 Å². The summed E-state index contributed by atoms with van der Waals surface area (Å²) in [5, 5.41) is 0. The normalized spacial score (nSPS) is 13.5. The summed E-state index contributed by atoms with van der Waals surface area (Å²) in [6.45, 7) is 0. The molecular weight excluding hydrogens is 474 g/mol. The number of hydrogen-bond acceptors (Lipinski definition) is 9. The molecule has 8 N–H and O–H groups in total. The smallest absolute Gasteiger partial charge is 0.298 e. The van der Waals surface area contributed by atoms with Crippen LogP contribution in [0, 0.1) is 0 Å². The highest BCUT2D eigenvalue weighted by Crippen LogP contribution is 2.45. The molecule has 0 aliphatic heterocycles. The fraction of sp³-hybridized carbons (Fsp3) is 0. The predicted molar refractivity (Wildman–Crippen MR) is 118 cm³/mol. The monoisotopic (exact) mass is 489 g/mol. The summed E-state index contributed by atoms with van der Waals surface area (Å²) < 4.78 is 66.2. The van der Waals surface area contributed by atoms with Crippen molar-refractivity contribution in [3.63, 3.8) is 0 Å². The molecule has 0 aromatic heterocycles. The molecule has 33 heavy (non-hydrogen) atoms. The molecule has 0 radical (unpaired) electrons. The average Bonchev–Trinajstić information content (AvgIpc) is 2.70. The van der Waals surface area contributed by atoms with E-state index in [1.165, 1.54) is 24.3 Å². The van der Waals surface area contributed by atoms with Crippen LogP contribution in [0.3, 0.4) is 0 Å². The summed E-state index contributed by atoms with van der Waals surface area (Å²) in [7, 11) is -9.78. The number of fused-ring (bicyclic) bond motifs is 2. The number of carbonyl (C=O) groups is 2. The molecule has 0 unspecified atom stereocenters. The fourth-order valence-electron chi connectivity index (χ4n) is 3.80. The number of benzene rings is 3. The maximum absolute atomic E-state index is 13.4. The molecule has 1 aliphatic rings. The van der Waals surface area contributed by atoms with Crippen molar-refractivity contribution >= 4 is 48.9 Å². The highest BCUT2D eigenvalue weighted by molar-refractivity contribution is 7.86. The zero-order chi connectivity index (χ0) is 24.5. The van der Waals surface area contributed by atoms with Crippen molar-refractivity contribution in [1.82, 2.24) is 0 Å². The molecule has 0 atom stereocenters. The number of anilines is 3. The van der Waals surface area contributed by atoms with Gasteiger partial charge in [-0.15, -0.1) is 0 Å². The van der Waals surface area contributed by atoms with Gasteiger partial charge < -0.3 is 17.2 Å². The van der Waals surface area contributed by atoms with E-state index in [4.69, 9.17) is 17.2 Å². The first-order chi connectivity index (χ1) is 15.2. The molecule has 4 rings (SSSR count). The molecular formula is C20H15N3O8S2. The maximum Gasteiger partial charge on any atom is 0.298 e. The van der Waals surface area contributed by atoms with E-state index in [9.17, 15) is 35.5 Å². The molecule has 0 amide bonds. The molecule has 3 aromatic carbocycles. The van der Waals surface area contributed by atoms with Crippen molar-refractivity contribution in [2.75, 3.05) is 17.2 Å². The summed E-state index contributed by atoms with van der Waals surface area (Å²) in [5.41, 5.74) is 15.2. The van der Waals surface area contributed by atoms with Crippen molar-refractivity contribution in [1.29, 1.82) is 0 Å². The number of nitrogens with two attached hydrogens (primary N) is 3. The van der Waals surface area contributed by atoms with E-state index in [2.05, 4.69) is 0 Å². The van der Waals surface area contributed by atoms with Gasteiger partial charge in [0, 0.05) is 27.9 Å². The van der Waals surface area contributed by atoms with Crippen LogP contribution in [0.15, 0.2) is 52.3 Å². The first kappa shape index (κ1) is 22.4. The van der Waals surface area contributed by atoms with Gasteiger partial charge in [-0.3, -0.25) is 18.7 Å². The van der Waals surface area contributed by atoms with Gasteiger partial charge in [0.25, 0.3) is 20.2 Å². The molecule has 0 spiro atoms. The summed E-state index contributed by atoms with van der Waals surface area (Å²) in [6, 6.07) is 8.52. The molecule has 1 aliphatic carbocycles. The zero-order valence-corrected chi connectivity index (χ0v) is 18.1. The lowest BCUT2D eigenvalue weighted by Crippen LogP contribution is -2.26. The fourth-order valence-corrected chi connectivity index (χ4v) is 5.06. The Morgan fingerprint density at radius 2 is 1.18 bits per heavy atom. The van der Waals surface area contributed by atoms with Gasteiger partial charge in [-0.1, -0.05) is 12.1 Å². The Bertz CT molecular complexity index is 1610. The van der Waals surface area contributed by atoms with Crippen LogP contribution >= 0.6 is 0 Å². The first-order valence-electron chi connectivity index (χ1n) is 9.02.